The Morgan fingerprint density at radius 1 is 1.39 bits per heavy atom. The van der Waals surface area contributed by atoms with E-state index < -0.39 is 5.97 Å². The fourth-order valence-electron chi connectivity index (χ4n) is 1.47. The molecule has 0 heterocycles. The average molecular weight is 313 g/mol. The number of carbonyl (C=O) groups is 2. The maximum atomic E-state index is 11.6. The summed E-state index contributed by atoms with van der Waals surface area (Å²) in [6.45, 7) is 0.276. The number of hydrogen-bond acceptors (Lipinski definition) is 3. The molecule has 1 saturated carbocycles. The highest BCUT2D eigenvalue weighted by atomic mass is 79.9. The molecular formula is C12H13BrN2O3. The fourth-order valence-corrected chi connectivity index (χ4v) is 1.95. The third kappa shape index (κ3) is 3.54. The largest absolute Gasteiger partial charge is 0.478 e. The molecule has 1 aliphatic carbocycles. The highest BCUT2D eigenvalue weighted by Crippen LogP contribution is 2.23. The van der Waals surface area contributed by atoms with Crippen molar-refractivity contribution >= 4 is 33.5 Å². The zero-order valence-corrected chi connectivity index (χ0v) is 11.2. The van der Waals surface area contributed by atoms with E-state index in [2.05, 4.69) is 26.6 Å². The molecule has 5 nitrogen and oxygen atoms in total. The Bertz CT molecular complexity index is 486. The van der Waals surface area contributed by atoms with E-state index in [-0.39, 0.29) is 18.0 Å². The first-order valence-electron chi connectivity index (χ1n) is 5.62. The Kier molecular flexibility index (Phi) is 3.98. The normalized spacial score (nSPS) is 14.3. The predicted octanol–water partition coefficient (Wildman–Crippen LogP) is 1.84. The molecule has 96 valence electrons. The SMILES string of the molecule is O=C(CNC1CC1)Nc1ccc(C(=O)O)cc1Br. The molecule has 3 N–H and O–H groups in total. The third-order valence-electron chi connectivity index (χ3n) is 2.62. The fraction of sp³-hybridized carbons (Fsp3) is 0.333. The molecule has 1 aromatic carbocycles. The molecule has 18 heavy (non-hydrogen) atoms. The number of amides is 1. The van der Waals surface area contributed by atoms with Crippen molar-refractivity contribution in [1.82, 2.24) is 5.32 Å². The molecule has 0 aromatic heterocycles. The first kappa shape index (κ1) is 13.0. The minimum atomic E-state index is -0.996. The second-order valence-corrected chi connectivity index (χ2v) is 5.06. The number of benzene rings is 1. The molecule has 0 aliphatic heterocycles. The van der Waals surface area contributed by atoms with Crippen molar-refractivity contribution in [1.29, 1.82) is 0 Å². The lowest BCUT2D eigenvalue weighted by Crippen LogP contribution is -2.29. The van der Waals surface area contributed by atoms with Gasteiger partial charge < -0.3 is 15.7 Å². The topological polar surface area (TPSA) is 78.4 Å². The Morgan fingerprint density at radius 2 is 2.11 bits per heavy atom. The summed E-state index contributed by atoms with van der Waals surface area (Å²) in [4.78, 5) is 22.4. The summed E-state index contributed by atoms with van der Waals surface area (Å²) in [5, 5.41) is 14.6. The van der Waals surface area contributed by atoms with E-state index in [1.165, 1.54) is 12.1 Å². The molecule has 6 heteroatoms. The van der Waals surface area contributed by atoms with Crippen molar-refractivity contribution < 1.29 is 14.7 Å². The van der Waals surface area contributed by atoms with E-state index in [1.54, 1.807) is 6.07 Å². The van der Waals surface area contributed by atoms with Gasteiger partial charge in [0.2, 0.25) is 5.91 Å². The van der Waals surface area contributed by atoms with Crippen molar-refractivity contribution in [3.63, 3.8) is 0 Å². The molecule has 1 fully saturated rings. The molecule has 0 unspecified atom stereocenters. The lowest BCUT2D eigenvalue weighted by molar-refractivity contribution is -0.115. The van der Waals surface area contributed by atoms with Crippen molar-refractivity contribution in [2.75, 3.05) is 11.9 Å². The minimum Gasteiger partial charge on any atom is -0.478 e. The lowest BCUT2D eigenvalue weighted by atomic mass is 10.2. The highest BCUT2D eigenvalue weighted by molar-refractivity contribution is 9.10. The molecule has 0 bridgehead atoms. The molecule has 0 radical (unpaired) electrons. The number of halogens is 1. The molecule has 0 saturated heterocycles. The zero-order chi connectivity index (χ0) is 13.1. The van der Waals surface area contributed by atoms with Crippen LogP contribution in [0.25, 0.3) is 0 Å². The van der Waals surface area contributed by atoms with E-state index in [9.17, 15) is 9.59 Å². The molecule has 1 aliphatic rings. The Labute approximate surface area is 113 Å². The number of carbonyl (C=O) groups excluding carboxylic acids is 1. The van der Waals surface area contributed by atoms with Crippen LogP contribution in [0.5, 0.6) is 0 Å². The van der Waals surface area contributed by atoms with E-state index in [0.29, 0.717) is 16.2 Å². The number of carboxylic acids is 1. The van der Waals surface area contributed by atoms with Gasteiger partial charge in [-0.25, -0.2) is 4.79 Å². The van der Waals surface area contributed by atoms with Gasteiger partial charge in [-0.15, -0.1) is 0 Å². The third-order valence-corrected chi connectivity index (χ3v) is 3.27. The summed E-state index contributed by atoms with van der Waals surface area (Å²) >= 11 is 3.24. The zero-order valence-electron chi connectivity index (χ0n) is 9.57. The summed E-state index contributed by atoms with van der Waals surface area (Å²) in [6.07, 6.45) is 2.26. The van der Waals surface area contributed by atoms with Crippen molar-refractivity contribution in [3.05, 3.63) is 28.2 Å². The monoisotopic (exact) mass is 312 g/mol. The molecule has 0 spiro atoms. The number of hydrogen-bond donors (Lipinski definition) is 3. The van der Waals surface area contributed by atoms with Gasteiger partial charge in [-0.05, 0) is 47.0 Å². The quantitative estimate of drug-likeness (QED) is 0.775. The van der Waals surface area contributed by atoms with Gasteiger partial charge >= 0.3 is 5.97 Å². The molecule has 2 rings (SSSR count). The minimum absolute atomic E-state index is 0.134. The van der Waals surface area contributed by atoms with Gasteiger partial charge in [0.15, 0.2) is 0 Å². The highest BCUT2D eigenvalue weighted by Gasteiger charge is 2.21. The van der Waals surface area contributed by atoms with Crippen LogP contribution in [0.15, 0.2) is 22.7 Å². The van der Waals surface area contributed by atoms with E-state index in [0.717, 1.165) is 12.8 Å². The summed E-state index contributed by atoms with van der Waals surface area (Å²) in [5.41, 5.74) is 0.749. The van der Waals surface area contributed by atoms with Crippen LogP contribution in [0.1, 0.15) is 23.2 Å². The first-order chi connectivity index (χ1) is 8.56. The van der Waals surface area contributed by atoms with Crippen LogP contribution in [-0.2, 0) is 4.79 Å². The van der Waals surface area contributed by atoms with E-state index in [1.807, 2.05) is 0 Å². The second-order valence-electron chi connectivity index (χ2n) is 4.20. The number of anilines is 1. The standard InChI is InChI=1S/C12H13BrN2O3/c13-9-5-7(12(17)18)1-4-10(9)15-11(16)6-14-8-2-3-8/h1,4-5,8,14H,2-3,6H2,(H,15,16)(H,17,18). The van der Waals surface area contributed by atoms with Gasteiger partial charge in [-0.2, -0.15) is 0 Å². The second kappa shape index (κ2) is 5.49. The van der Waals surface area contributed by atoms with E-state index in [4.69, 9.17) is 5.11 Å². The van der Waals surface area contributed by atoms with Crippen molar-refractivity contribution in [2.45, 2.75) is 18.9 Å². The van der Waals surface area contributed by atoms with Crippen molar-refractivity contribution in [3.8, 4) is 0 Å². The van der Waals surface area contributed by atoms with Gasteiger partial charge in [0, 0.05) is 10.5 Å². The van der Waals surface area contributed by atoms with Gasteiger partial charge in [-0.3, -0.25) is 4.79 Å². The summed E-state index contributed by atoms with van der Waals surface area (Å²) < 4.78 is 0.558. The van der Waals surface area contributed by atoms with Gasteiger partial charge in [-0.1, -0.05) is 0 Å². The molecule has 1 aromatic rings. The molecule has 1 amide bonds. The Hall–Kier alpha value is -1.40. The first-order valence-corrected chi connectivity index (χ1v) is 6.41. The lowest BCUT2D eigenvalue weighted by Gasteiger charge is -2.08. The van der Waals surface area contributed by atoms with Crippen LogP contribution in [-0.4, -0.2) is 29.6 Å². The molecular weight excluding hydrogens is 300 g/mol. The van der Waals surface area contributed by atoms with Crippen LogP contribution >= 0.6 is 15.9 Å². The Balaban J connectivity index is 1.95. The van der Waals surface area contributed by atoms with Crippen LogP contribution in [0.4, 0.5) is 5.69 Å². The summed E-state index contributed by atoms with van der Waals surface area (Å²) in [7, 11) is 0. The van der Waals surface area contributed by atoms with Crippen LogP contribution in [0, 0.1) is 0 Å². The average Bonchev–Trinajstić information content (AvgIpc) is 3.13. The van der Waals surface area contributed by atoms with E-state index >= 15 is 0 Å². The van der Waals surface area contributed by atoms with Gasteiger partial charge in [0.25, 0.3) is 0 Å². The van der Waals surface area contributed by atoms with Crippen LogP contribution < -0.4 is 10.6 Å². The van der Waals surface area contributed by atoms with Crippen LogP contribution in [0.3, 0.4) is 0 Å². The number of nitrogens with one attached hydrogen (secondary N) is 2. The van der Waals surface area contributed by atoms with Gasteiger partial charge in [0.1, 0.15) is 0 Å². The molecule has 0 atom stereocenters. The van der Waals surface area contributed by atoms with Crippen molar-refractivity contribution in [2.24, 2.45) is 0 Å². The number of aromatic carboxylic acids is 1. The number of rotatable bonds is 5. The summed E-state index contributed by atoms with van der Waals surface area (Å²) in [5.74, 6) is -1.13. The maximum absolute atomic E-state index is 11.6. The Morgan fingerprint density at radius 3 is 2.67 bits per heavy atom. The predicted molar refractivity (Wildman–Crippen MR) is 70.8 cm³/mol. The maximum Gasteiger partial charge on any atom is 0.335 e. The number of carboxylic acid groups (broad SMARTS) is 1. The summed E-state index contributed by atoms with van der Waals surface area (Å²) in [6, 6.07) is 4.97. The van der Waals surface area contributed by atoms with Gasteiger partial charge in [0.05, 0.1) is 17.8 Å². The smallest absolute Gasteiger partial charge is 0.335 e. The van der Waals surface area contributed by atoms with Crippen LogP contribution in [0.2, 0.25) is 0 Å².